The minimum Gasteiger partial charge on any atom is -0.497 e. The zero-order chi connectivity index (χ0) is 14.8. The number of ether oxygens (including phenoxy) is 1. The molecule has 1 saturated heterocycles. The van der Waals surface area contributed by atoms with Crippen molar-refractivity contribution in [2.45, 2.75) is 18.9 Å². The summed E-state index contributed by atoms with van der Waals surface area (Å²) in [6.45, 7) is 0. The molecule has 0 saturated carbocycles. The SMILES string of the molecule is COc1ccc(N)c(-c2nnnn2C2CCS(=O)CC2)c1. The van der Waals surface area contributed by atoms with Crippen LogP contribution in [0.3, 0.4) is 0 Å². The van der Waals surface area contributed by atoms with Gasteiger partial charge in [0, 0.05) is 33.6 Å². The molecule has 21 heavy (non-hydrogen) atoms. The van der Waals surface area contributed by atoms with Gasteiger partial charge in [-0.2, -0.15) is 0 Å². The van der Waals surface area contributed by atoms with Crippen molar-refractivity contribution in [1.82, 2.24) is 20.2 Å². The van der Waals surface area contributed by atoms with Crippen LogP contribution in [0, 0.1) is 0 Å². The molecule has 8 heteroatoms. The Morgan fingerprint density at radius 1 is 1.38 bits per heavy atom. The Kier molecular flexibility index (Phi) is 3.87. The highest BCUT2D eigenvalue weighted by Gasteiger charge is 2.24. The molecule has 0 unspecified atom stereocenters. The fraction of sp³-hybridized carbons (Fsp3) is 0.462. The monoisotopic (exact) mass is 307 g/mol. The number of nitrogens with zero attached hydrogens (tertiary/aromatic N) is 4. The number of nitrogen functional groups attached to an aromatic ring is 1. The van der Waals surface area contributed by atoms with Gasteiger partial charge in [-0.1, -0.05) is 0 Å². The molecule has 2 heterocycles. The first-order valence-corrected chi connectivity index (χ1v) is 8.24. The number of benzene rings is 1. The van der Waals surface area contributed by atoms with E-state index in [2.05, 4.69) is 15.5 Å². The van der Waals surface area contributed by atoms with Crippen molar-refractivity contribution in [1.29, 1.82) is 0 Å². The van der Waals surface area contributed by atoms with Crippen molar-refractivity contribution in [3.63, 3.8) is 0 Å². The van der Waals surface area contributed by atoms with Crippen LogP contribution in [0.5, 0.6) is 5.75 Å². The lowest BCUT2D eigenvalue weighted by atomic mass is 10.1. The van der Waals surface area contributed by atoms with Gasteiger partial charge in [0.2, 0.25) is 0 Å². The molecule has 0 bridgehead atoms. The maximum absolute atomic E-state index is 11.5. The highest BCUT2D eigenvalue weighted by Crippen LogP contribution is 2.31. The highest BCUT2D eigenvalue weighted by atomic mass is 32.2. The third kappa shape index (κ3) is 2.76. The van der Waals surface area contributed by atoms with Gasteiger partial charge >= 0.3 is 0 Å². The fourth-order valence-electron chi connectivity index (χ4n) is 2.50. The Balaban J connectivity index is 1.97. The van der Waals surface area contributed by atoms with Gasteiger partial charge in [-0.25, -0.2) is 4.68 Å². The van der Waals surface area contributed by atoms with Gasteiger partial charge < -0.3 is 10.5 Å². The van der Waals surface area contributed by atoms with Crippen LogP contribution in [0.4, 0.5) is 5.69 Å². The Labute approximate surface area is 124 Å². The summed E-state index contributed by atoms with van der Waals surface area (Å²) in [6.07, 6.45) is 1.63. The number of nitrogens with two attached hydrogens (primary N) is 1. The van der Waals surface area contributed by atoms with Crippen molar-refractivity contribution in [2.75, 3.05) is 24.3 Å². The smallest absolute Gasteiger partial charge is 0.184 e. The molecular weight excluding hydrogens is 290 g/mol. The van der Waals surface area contributed by atoms with E-state index in [1.165, 1.54) is 0 Å². The van der Waals surface area contributed by atoms with E-state index in [1.807, 2.05) is 6.07 Å². The number of aromatic nitrogens is 4. The van der Waals surface area contributed by atoms with Gasteiger partial charge in [-0.05, 0) is 41.5 Å². The van der Waals surface area contributed by atoms with Crippen LogP contribution in [-0.2, 0) is 10.8 Å². The summed E-state index contributed by atoms with van der Waals surface area (Å²) in [6, 6.07) is 5.58. The summed E-state index contributed by atoms with van der Waals surface area (Å²) >= 11 is 0. The standard InChI is InChI=1S/C13H17N5O2S/c1-20-10-2-3-12(14)11(8-10)13-15-16-17-18(13)9-4-6-21(19)7-5-9/h2-3,8-9H,4-7,14H2,1H3. The molecule has 1 aromatic carbocycles. The van der Waals surface area contributed by atoms with E-state index in [0.717, 1.165) is 18.4 Å². The number of tetrazole rings is 1. The first-order valence-electron chi connectivity index (χ1n) is 6.76. The number of methoxy groups -OCH3 is 1. The minimum atomic E-state index is -0.710. The van der Waals surface area contributed by atoms with E-state index in [4.69, 9.17) is 10.5 Å². The van der Waals surface area contributed by atoms with Crippen molar-refractivity contribution >= 4 is 16.5 Å². The van der Waals surface area contributed by atoms with Crippen LogP contribution < -0.4 is 10.5 Å². The van der Waals surface area contributed by atoms with Crippen molar-refractivity contribution in [2.24, 2.45) is 0 Å². The van der Waals surface area contributed by atoms with Gasteiger partial charge in [0.1, 0.15) is 5.75 Å². The lowest BCUT2D eigenvalue weighted by molar-refractivity contribution is 0.412. The maximum Gasteiger partial charge on any atom is 0.184 e. The molecule has 1 aliphatic rings. The number of hydrogen-bond acceptors (Lipinski definition) is 6. The van der Waals surface area contributed by atoms with Crippen LogP contribution in [0.1, 0.15) is 18.9 Å². The van der Waals surface area contributed by atoms with Gasteiger partial charge in [-0.3, -0.25) is 4.21 Å². The topological polar surface area (TPSA) is 95.9 Å². The lowest BCUT2D eigenvalue weighted by Crippen LogP contribution is -2.23. The summed E-state index contributed by atoms with van der Waals surface area (Å²) in [5.74, 6) is 2.72. The Morgan fingerprint density at radius 2 is 2.14 bits per heavy atom. The van der Waals surface area contributed by atoms with Gasteiger partial charge in [0.25, 0.3) is 0 Å². The highest BCUT2D eigenvalue weighted by molar-refractivity contribution is 7.85. The van der Waals surface area contributed by atoms with E-state index in [0.29, 0.717) is 28.8 Å². The molecule has 0 atom stereocenters. The molecule has 2 N–H and O–H groups in total. The second-order valence-electron chi connectivity index (χ2n) is 4.98. The third-order valence-electron chi connectivity index (χ3n) is 3.70. The molecule has 1 aromatic heterocycles. The molecule has 112 valence electrons. The molecule has 0 radical (unpaired) electrons. The summed E-state index contributed by atoms with van der Waals surface area (Å²) in [4.78, 5) is 0. The average molecular weight is 307 g/mol. The first kappa shape index (κ1) is 14.0. The predicted octanol–water partition coefficient (Wildman–Crippen LogP) is 1.01. The summed E-state index contributed by atoms with van der Waals surface area (Å²) < 4.78 is 18.5. The third-order valence-corrected chi connectivity index (χ3v) is 5.08. The number of hydrogen-bond donors (Lipinski definition) is 1. The summed E-state index contributed by atoms with van der Waals surface area (Å²) in [5.41, 5.74) is 7.40. The van der Waals surface area contributed by atoms with Crippen LogP contribution in [0.15, 0.2) is 18.2 Å². The molecule has 2 aromatic rings. The molecule has 1 aliphatic heterocycles. The maximum atomic E-state index is 11.5. The van der Waals surface area contributed by atoms with E-state index in [9.17, 15) is 4.21 Å². The average Bonchev–Trinajstić information content (AvgIpc) is 2.98. The van der Waals surface area contributed by atoms with Crippen molar-refractivity contribution in [3.05, 3.63) is 18.2 Å². The zero-order valence-electron chi connectivity index (χ0n) is 11.7. The molecule has 0 spiro atoms. The number of rotatable bonds is 3. The predicted molar refractivity (Wildman–Crippen MR) is 80.4 cm³/mol. The minimum absolute atomic E-state index is 0.165. The zero-order valence-corrected chi connectivity index (χ0v) is 12.5. The van der Waals surface area contributed by atoms with Gasteiger partial charge in [-0.15, -0.1) is 5.10 Å². The van der Waals surface area contributed by atoms with Gasteiger partial charge in [0.15, 0.2) is 5.82 Å². The molecule has 0 amide bonds. The fourth-order valence-corrected chi connectivity index (χ4v) is 3.77. The molecule has 0 aliphatic carbocycles. The first-order chi connectivity index (χ1) is 10.2. The van der Waals surface area contributed by atoms with Crippen LogP contribution in [0.2, 0.25) is 0 Å². The molecule has 7 nitrogen and oxygen atoms in total. The van der Waals surface area contributed by atoms with Crippen LogP contribution in [-0.4, -0.2) is 43.0 Å². The normalized spacial score (nSPS) is 22.1. The van der Waals surface area contributed by atoms with Crippen molar-refractivity contribution < 1.29 is 8.95 Å². The summed E-state index contributed by atoms with van der Waals surface area (Å²) in [7, 11) is 0.896. The largest absolute Gasteiger partial charge is 0.497 e. The van der Waals surface area contributed by atoms with E-state index in [1.54, 1.807) is 23.9 Å². The molecule has 3 rings (SSSR count). The Morgan fingerprint density at radius 3 is 2.86 bits per heavy atom. The lowest BCUT2D eigenvalue weighted by Gasteiger charge is -2.22. The second-order valence-corrected chi connectivity index (χ2v) is 6.68. The van der Waals surface area contributed by atoms with Crippen LogP contribution in [0.25, 0.3) is 11.4 Å². The van der Waals surface area contributed by atoms with E-state index < -0.39 is 10.8 Å². The Bertz CT molecular complexity index is 662. The molecule has 1 fully saturated rings. The quantitative estimate of drug-likeness (QED) is 0.850. The van der Waals surface area contributed by atoms with E-state index >= 15 is 0 Å². The Hall–Kier alpha value is -1.96. The van der Waals surface area contributed by atoms with Crippen molar-refractivity contribution in [3.8, 4) is 17.1 Å². The second kappa shape index (κ2) is 5.80. The molecular formula is C13H17N5O2S. The summed E-state index contributed by atoms with van der Waals surface area (Å²) in [5, 5.41) is 12.0. The van der Waals surface area contributed by atoms with Crippen LogP contribution >= 0.6 is 0 Å². The number of anilines is 1. The van der Waals surface area contributed by atoms with E-state index in [-0.39, 0.29) is 6.04 Å². The van der Waals surface area contributed by atoms with Gasteiger partial charge in [0.05, 0.1) is 13.2 Å².